The molecule has 0 saturated heterocycles. The summed E-state index contributed by atoms with van der Waals surface area (Å²) in [5, 5.41) is 1.94. The smallest absolute Gasteiger partial charge is 0.337 e. The van der Waals surface area contributed by atoms with E-state index in [0.717, 1.165) is 9.35 Å². The van der Waals surface area contributed by atoms with Gasteiger partial charge in [0.25, 0.3) is 5.56 Å². The van der Waals surface area contributed by atoms with E-state index in [1.54, 1.807) is 12.1 Å². The van der Waals surface area contributed by atoms with Gasteiger partial charge in [0.15, 0.2) is 16.3 Å². The topological polar surface area (TPSA) is 79.1 Å². The summed E-state index contributed by atoms with van der Waals surface area (Å²) < 4.78 is 19.4. The van der Waals surface area contributed by atoms with Crippen LogP contribution in [0.4, 0.5) is 0 Å². The van der Waals surface area contributed by atoms with Gasteiger partial charge in [-0.25, -0.2) is 9.79 Å². The number of thiophene rings is 1. The first-order chi connectivity index (χ1) is 16.0. The number of nitrogens with zero attached hydrogens (tertiary/aromatic N) is 2. The van der Waals surface area contributed by atoms with E-state index < -0.39 is 12.0 Å². The van der Waals surface area contributed by atoms with Crippen molar-refractivity contribution in [3.05, 3.63) is 76.0 Å². The van der Waals surface area contributed by atoms with E-state index in [4.69, 9.17) is 14.2 Å². The van der Waals surface area contributed by atoms with Gasteiger partial charge in [-0.3, -0.25) is 9.36 Å². The Labute approximate surface area is 206 Å². The molecule has 0 fully saturated rings. The van der Waals surface area contributed by atoms with Crippen LogP contribution < -0.4 is 24.4 Å². The molecule has 3 aromatic rings. The average molecular weight is 549 g/mol. The Morgan fingerprint density at radius 3 is 2.64 bits per heavy atom. The summed E-state index contributed by atoms with van der Waals surface area (Å²) in [5.74, 6) is 0.593. The highest BCUT2D eigenvalue weighted by atomic mass is 79.9. The minimum Gasteiger partial charge on any atom is -0.490 e. The average Bonchev–Trinajstić information content (AvgIpc) is 3.37. The summed E-state index contributed by atoms with van der Waals surface area (Å²) in [5.41, 5.74) is 0.726. The second-order valence-electron chi connectivity index (χ2n) is 6.88. The molecular weight excluding hydrogens is 528 g/mol. The van der Waals surface area contributed by atoms with Crippen LogP contribution in [0.25, 0.3) is 6.08 Å². The van der Waals surface area contributed by atoms with Gasteiger partial charge in [-0.1, -0.05) is 17.4 Å². The number of aromatic nitrogens is 1. The van der Waals surface area contributed by atoms with Gasteiger partial charge in [-0.15, -0.1) is 11.3 Å². The van der Waals surface area contributed by atoms with Crippen LogP contribution in [0.1, 0.15) is 30.3 Å². The zero-order valence-electron chi connectivity index (χ0n) is 18.2. The van der Waals surface area contributed by atoms with Gasteiger partial charge < -0.3 is 14.2 Å². The van der Waals surface area contributed by atoms with Gasteiger partial charge in [0, 0.05) is 15.5 Å². The fourth-order valence-corrected chi connectivity index (χ4v) is 5.96. The number of carbonyl (C=O) groups excluding carboxylic acids is 1. The Balaban J connectivity index is 1.92. The molecule has 0 saturated carbocycles. The number of esters is 1. The van der Waals surface area contributed by atoms with Crippen molar-refractivity contribution in [2.45, 2.75) is 19.9 Å². The summed E-state index contributed by atoms with van der Waals surface area (Å²) in [6.07, 6.45) is 3.31. The van der Waals surface area contributed by atoms with Gasteiger partial charge in [0.05, 0.1) is 36.5 Å². The van der Waals surface area contributed by atoms with E-state index in [9.17, 15) is 9.59 Å². The molecule has 3 heterocycles. The minimum atomic E-state index is -0.711. The summed E-state index contributed by atoms with van der Waals surface area (Å²) in [7, 11) is 1.31. The first kappa shape index (κ1) is 23.5. The van der Waals surface area contributed by atoms with Crippen LogP contribution in [0, 0.1) is 0 Å². The summed E-state index contributed by atoms with van der Waals surface area (Å²) >= 11 is 6.31. The summed E-state index contributed by atoms with van der Waals surface area (Å²) in [6.45, 7) is 4.71. The van der Waals surface area contributed by atoms with Crippen LogP contribution in [0.5, 0.6) is 11.5 Å². The van der Waals surface area contributed by atoms with Crippen molar-refractivity contribution in [3.63, 3.8) is 0 Å². The Kier molecular flexibility index (Phi) is 7.16. The molecular formula is C23H21BrN2O5S2. The first-order valence-corrected chi connectivity index (χ1v) is 12.7. The second kappa shape index (κ2) is 10.1. The monoisotopic (exact) mass is 548 g/mol. The Morgan fingerprint density at radius 2 is 1.97 bits per heavy atom. The number of benzene rings is 1. The third kappa shape index (κ3) is 4.55. The fourth-order valence-electron chi connectivity index (χ4n) is 3.51. The lowest BCUT2D eigenvalue weighted by Crippen LogP contribution is -2.39. The number of hydrogen-bond donors (Lipinski definition) is 0. The normalized spacial score (nSPS) is 15.5. The van der Waals surface area contributed by atoms with E-state index in [2.05, 4.69) is 20.9 Å². The van der Waals surface area contributed by atoms with Crippen LogP contribution >= 0.6 is 38.6 Å². The zero-order chi connectivity index (χ0) is 23.5. The standard InChI is InChI=1S/C23H21BrN2O5S2/c1-4-30-16-7-6-13(10-17(16)31-5-2)20-14(22(28)29-3)12-25-23-26(20)21(27)19(33-23)11-18-15(24)8-9-32-18/h6-12,20H,4-5H2,1-3H3/b19-11-/t20-/m0/s1. The molecule has 0 bridgehead atoms. The second-order valence-corrected chi connectivity index (χ2v) is 9.69. The molecule has 1 aliphatic rings. The van der Waals surface area contributed by atoms with Crippen molar-refractivity contribution < 1.29 is 19.0 Å². The molecule has 10 heteroatoms. The summed E-state index contributed by atoms with van der Waals surface area (Å²) in [4.78, 5) is 32.0. The molecule has 0 aliphatic carbocycles. The lowest BCUT2D eigenvalue weighted by molar-refractivity contribution is -0.136. The van der Waals surface area contributed by atoms with Crippen LogP contribution in [-0.2, 0) is 9.53 Å². The van der Waals surface area contributed by atoms with Crippen molar-refractivity contribution in [1.82, 2.24) is 4.57 Å². The third-order valence-electron chi connectivity index (χ3n) is 4.92. The van der Waals surface area contributed by atoms with Crippen LogP contribution in [0.15, 0.2) is 55.7 Å². The van der Waals surface area contributed by atoms with E-state index in [1.807, 2.05) is 37.4 Å². The largest absolute Gasteiger partial charge is 0.490 e. The number of fused-ring (bicyclic) bond motifs is 1. The zero-order valence-corrected chi connectivity index (χ0v) is 21.4. The predicted octanol–water partition coefficient (Wildman–Crippen LogP) is 3.64. The van der Waals surface area contributed by atoms with Crippen molar-refractivity contribution in [1.29, 1.82) is 0 Å². The Bertz CT molecular complexity index is 1400. The highest BCUT2D eigenvalue weighted by Gasteiger charge is 2.31. The SMILES string of the molecule is CCOc1ccc([C@H]2C(C(=O)OC)=CN=c3s/c(=C\c4sccc4Br)c(=O)n32)cc1OCC. The van der Waals surface area contributed by atoms with Gasteiger partial charge in [-0.05, 0) is 65.0 Å². The van der Waals surface area contributed by atoms with Crippen molar-refractivity contribution in [2.24, 2.45) is 4.99 Å². The molecule has 172 valence electrons. The van der Waals surface area contributed by atoms with Crippen molar-refractivity contribution >= 4 is 50.6 Å². The molecule has 0 spiro atoms. The number of thiazole rings is 1. The van der Waals surface area contributed by atoms with Gasteiger partial charge in [0.1, 0.15) is 0 Å². The molecule has 0 radical (unpaired) electrons. The maximum absolute atomic E-state index is 13.5. The molecule has 4 rings (SSSR count). The molecule has 0 unspecified atom stereocenters. The third-order valence-corrected chi connectivity index (χ3v) is 7.73. The number of carbonyl (C=O) groups is 1. The van der Waals surface area contributed by atoms with Gasteiger partial charge >= 0.3 is 5.97 Å². The lowest BCUT2D eigenvalue weighted by atomic mass is 9.97. The highest BCUT2D eigenvalue weighted by molar-refractivity contribution is 9.10. The highest BCUT2D eigenvalue weighted by Crippen LogP contribution is 2.35. The fraction of sp³-hybridized carbons (Fsp3) is 0.261. The number of methoxy groups -OCH3 is 1. The molecule has 7 nitrogen and oxygen atoms in total. The van der Waals surface area contributed by atoms with Crippen LogP contribution in [-0.4, -0.2) is 30.9 Å². The van der Waals surface area contributed by atoms with E-state index in [0.29, 0.717) is 39.6 Å². The van der Waals surface area contributed by atoms with Gasteiger partial charge in [-0.2, -0.15) is 0 Å². The minimum absolute atomic E-state index is 0.231. The molecule has 0 N–H and O–H groups in total. The predicted molar refractivity (Wildman–Crippen MR) is 132 cm³/mol. The van der Waals surface area contributed by atoms with Crippen LogP contribution in [0.3, 0.4) is 0 Å². The molecule has 2 aromatic heterocycles. The Morgan fingerprint density at radius 1 is 1.21 bits per heavy atom. The van der Waals surface area contributed by atoms with E-state index in [1.165, 1.54) is 40.6 Å². The molecule has 1 atom stereocenters. The number of ether oxygens (including phenoxy) is 3. The van der Waals surface area contributed by atoms with Crippen molar-refractivity contribution in [3.8, 4) is 11.5 Å². The van der Waals surface area contributed by atoms with Crippen LogP contribution in [0.2, 0.25) is 0 Å². The molecule has 1 aliphatic heterocycles. The lowest BCUT2D eigenvalue weighted by Gasteiger charge is -2.23. The quantitative estimate of drug-likeness (QED) is 0.421. The molecule has 0 amide bonds. The van der Waals surface area contributed by atoms with E-state index in [-0.39, 0.29) is 11.1 Å². The van der Waals surface area contributed by atoms with Crippen molar-refractivity contribution in [2.75, 3.05) is 20.3 Å². The maximum atomic E-state index is 13.5. The first-order valence-electron chi connectivity index (χ1n) is 10.2. The maximum Gasteiger partial charge on any atom is 0.337 e. The number of hydrogen-bond acceptors (Lipinski definition) is 8. The van der Waals surface area contributed by atoms with E-state index >= 15 is 0 Å². The number of halogens is 1. The Hall–Kier alpha value is -2.69. The molecule has 1 aromatic carbocycles. The molecule has 33 heavy (non-hydrogen) atoms. The summed E-state index contributed by atoms with van der Waals surface area (Å²) in [6, 6.07) is 6.64. The van der Waals surface area contributed by atoms with Gasteiger partial charge in [0.2, 0.25) is 0 Å². The number of rotatable bonds is 7.